The van der Waals surface area contributed by atoms with Crippen LogP contribution in [0.3, 0.4) is 0 Å². The molecule has 1 amide bonds. The van der Waals surface area contributed by atoms with E-state index >= 15 is 0 Å². The van der Waals surface area contributed by atoms with Crippen LogP contribution in [0.2, 0.25) is 0 Å². The minimum absolute atomic E-state index is 0.0783. The zero-order valence-corrected chi connectivity index (χ0v) is 14.6. The lowest BCUT2D eigenvalue weighted by Crippen LogP contribution is -2.33. The maximum absolute atomic E-state index is 12.4. The van der Waals surface area contributed by atoms with Gasteiger partial charge in [0.1, 0.15) is 11.7 Å². The van der Waals surface area contributed by atoms with E-state index in [0.29, 0.717) is 12.2 Å². The molecule has 2 heterocycles. The average Bonchev–Trinajstić information content (AvgIpc) is 3.28. The van der Waals surface area contributed by atoms with Gasteiger partial charge in [0, 0.05) is 25.4 Å². The molecular weight excluding hydrogens is 316 g/mol. The summed E-state index contributed by atoms with van der Waals surface area (Å²) in [7, 11) is 1.85. The summed E-state index contributed by atoms with van der Waals surface area (Å²) in [5.41, 5.74) is 2.78. The highest BCUT2D eigenvalue weighted by molar-refractivity contribution is 5.79. The van der Waals surface area contributed by atoms with Gasteiger partial charge in [-0.15, -0.1) is 5.10 Å². The molecule has 0 aliphatic heterocycles. The van der Waals surface area contributed by atoms with Crippen molar-refractivity contribution >= 4 is 5.91 Å². The molecule has 0 radical (unpaired) electrons. The molecule has 7 nitrogen and oxygen atoms in total. The SMILES string of the molecule is CC(CNC(=O)C(C)n1cc(-c2cnn(C)c2)nn1)c1ccccc1. The number of aromatic nitrogens is 5. The Morgan fingerprint density at radius 1 is 1.20 bits per heavy atom. The van der Waals surface area contributed by atoms with Crippen molar-refractivity contribution in [1.29, 1.82) is 0 Å². The van der Waals surface area contributed by atoms with Crippen LogP contribution in [-0.4, -0.2) is 37.2 Å². The van der Waals surface area contributed by atoms with E-state index < -0.39 is 6.04 Å². The Bertz CT molecular complexity index is 838. The highest BCUT2D eigenvalue weighted by Crippen LogP contribution is 2.17. The predicted molar refractivity (Wildman–Crippen MR) is 94.8 cm³/mol. The van der Waals surface area contributed by atoms with E-state index in [1.54, 1.807) is 21.8 Å². The summed E-state index contributed by atoms with van der Waals surface area (Å²) < 4.78 is 3.28. The first-order chi connectivity index (χ1) is 12.0. The highest BCUT2D eigenvalue weighted by Gasteiger charge is 2.18. The molecule has 0 fully saturated rings. The third-order valence-corrected chi connectivity index (χ3v) is 4.24. The largest absolute Gasteiger partial charge is 0.354 e. The van der Waals surface area contributed by atoms with Crippen LogP contribution in [0, 0.1) is 0 Å². The normalized spacial score (nSPS) is 13.4. The fraction of sp³-hybridized carbons (Fsp3) is 0.333. The number of hydrogen-bond donors (Lipinski definition) is 1. The lowest BCUT2D eigenvalue weighted by atomic mass is 10.0. The molecule has 0 saturated heterocycles. The molecular formula is C18H22N6O. The predicted octanol–water partition coefficient (Wildman–Crippen LogP) is 2.16. The molecule has 25 heavy (non-hydrogen) atoms. The first-order valence-electron chi connectivity index (χ1n) is 8.28. The topological polar surface area (TPSA) is 77.6 Å². The lowest BCUT2D eigenvalue weighted by Gasteiger charge is -2.16. The van der Waals surface area contributed by atoms with Gasteiger partial charge >= 0.3 is 0 Å². The highest BCUT2D eigenvalue weighted by atomic mass is 16.2. The molecule has 130 valence electrons. The van der Waals surface area contributed by atoms with E-state index in [1.165, 1.54) is 5.56 Å². The second-order valence-corrected chi connectivity index (χ2v) is 6.22. The third-order valence-electron chi connectivity index (χ3n) is 4.24. The Morgan fingerprint density at radius 2 is 1.96 bits per heavy atom. The molecule has 2 unspecified atom stereocenters. The summed E-state index contributed by atoms with van der Waals surface area (Å²) in [4.78, 5) is 12.4. The molecule has 1 aromatic carbocycles. The zero-order chi connectivity index (χ0) is 17.8. The number of aryl methyl sites for hydroxylation is 1. The summed E-state index contributed by atoms with van der Waals surface area (Å²) in [6, 6.07) is 9.70. The molecule has 0 bridgehead atoms. The number of carbonyl (C=O) groups is 1. The minimum atomic E-state index is -0.430. The van der Waals surface area contributed by atoms with Crippen LogP contribution >= 0.6 is 0 Å². The van der Waals surface area contributed by atoms with Crippen LogP contribution < -0.4 is 5.32 Å². The lowest BCUT2D eigenvalue weighted by molar-refractivity contribution is -0.124. The van der Waals surface area contributed by atoms with E-state index in [1.807, 2.05) is 38.4 Å². The molecule has 3 rings (SSSR count). The standard InChI is InChI=1S/C18H22N6O/c1-13(15-7-5-4-6-8-15)9-19-18(25)14(2)24-12-17(21-22-24)16-10-20-23(3)11-16/h4-8,10-14H,9H2,1-3H3,(H,19,25). The van der Waals surface area contributed by atoms with Crippen LogP contribution in [0.25, 0.3) is 11.3 Å². The van der Waals surface area contributed by atoms with Crippen molar-refractivity contribution in [2.45, 2.75) is 25.8 Å². The van der Waals surface area contributed by atoms with Crippen LogP contribution in [0.5, 0.6) is 0 Å². The van der Waals surface area contributed by atoms with Crippen LogP contribution in [0.1, 0.15) is 31.4 Å². The smallest absolute Gasteiger partial charge is 0.244 e. The second kappa shape index (κ2) is 7.29. The molecule has 0 aliphatic carbocycles. The molecule has 7 heteroatoms. The van der Waals surface area contributed by atoms with E-state index in [-0.39, 0.29) is 11.8 Å². The Balaban J connectivity index is 1.60. The molecule has 3 aromatic rings. The van der Waals surface area contributed by atoms with Crippen molar-refractivity contribution in [2.75, 3.05) is 6.54 Å². The van der Waals surface area contributed by atoms with Gasteiger partial charge in [-0.25, -0.2) is 4.68 Å². The van der Waals surface area contributed by atoms with Gasteiger partial charge in [-0.2, -0.15) is 5.10 Å². The Morgan fingerprint density at radius 3 is 2.64 bits per heavy atom. The second-order valence-electron chi connectivity index (χ2n) is 6.22. The number of carbonyl (C=O) groups excluding carboxylic acids is 1. The van der Waals surface area contributed by atoms with E-state index in [2.05, 4.69) is 39.8 Å². The van der Waals surface area contributed by atoms with Crippen LogP contribution in [0.15, 0.2) is 48.9 Å². The summed E-state index contributed by atoms with van der Waals surface area (Å²) in [5, 5.41) is 15.3. The first kappa shape index (κ1) is 16.9. The summed E-state index contributed by atoms with van der Waals surface area (Å²) >= 11 is 0. The van der Waals surface area contributed by atoms with Crippen molar-refractivity contribution < 1.29 is 4.79 Å². The molecule has 2 atom stereocenters. The maximum atomic E-state index is 12.4. The molecule has 0 aliphatic rings. The number of nitrogens with zero attached hydrogens (tertiary/aromatic N) is 5. The van der Waals surface area contributed by atoms with Gasteiger partial charge < -0.3 is 5.32 Å². The summed E-state index contributed by atoms with van der Waals surface area (Å²) in [6.45, 7) is 4.48. The summed E-state index contributed by atoms with van der Waals surface area (Å²) in [5.74, 6) is 0.171. The molecule has 1 N–H and O–H groups in total. The summed E-state index contributed by atoms with van der Waals surface area (Å²) in [6.07, 6.45) is 5.35. The maximum Gasteiger partial charge on any atom is 0.244 e. The average molecular weight is 338 g/mol. The van der Waals surface area contributed by atoms with Crippen molar-refractivity contribution in [2.24, 2.45) is 7.05 Å². The van der Waals surface area contributed by atoms with E-state index in [0.717, 1.165) is 5.56 Å². The number of nitrogens with one attached hydrogen (secondary N) is 1. The van der Waals surface area contributed by atoms with Gasteiger partial charge in [-0.05, 0) is 18.4 Å². The van der Waals surface area contributed by atoms with Gasteiger partial charge in [0.05, 0.1) is 12.4 Å². The van der Waals surface area contributed by atoms with Crippen molar-refractivity contribution in [3.05, 3.63) is 54.5 Å². The van der Waals surface area contributed by atoms with E-state index in [9.17, 15) is 4.79 Å². The van der Waals surface area contributed by atoms with Gasteiger partial charge in [0.2, 0.25) is 5.91 Å². The third kappa shape index (κ3) is 3.93. The number of benzene rings is 1. The fourth-order valence-electron chi connectivity index (χ4n) is 2.57. The zero-order valence-electron chi connectivity index (χ0n) is 14.6. The van der Waals surface area contributed by atoms with Crippen molar-refractivity contribution in [3.63, 3.8) is 0 Å². The number of hydrogen-bond acceptors (Lipinski definition) is 4. The monoisotopic (exact) mass is 338 g/mol. The number of rotatable bonds is 6. The Kier molecular flexibility index (Phi) is 4.92. The first-order valence-corrected chi connectivity index (χ1v) is 8.28. The number of amides is 1. The molecule has 0 saturated carbocycles. The van der Waals surface area contributed by atoms with Gasteiger partial charge in [-0.3, -0.25) is 9.48 Å². The van der Waals surface area contributed by atoms with Gasteiger partial charge in [0.15, 0.2) is 0 Å². The Labute approximate surface area is 146 Å². The van der Waals surface area contributed by atoms with Gasteiger partial charge in [-0.1, -0.05) is 42.5 Å². The fourth-order valence-corrected chi connectivity index (χ4v) is 2.57. The molecule has 2 aromatic heterocycles. The van der Waals surface area contributed by atoms with Crippen molar-refractivity contribution in [1.82, 2.24) is 30.1 Å². The van der Waals surface area contributed by atoms with Crippen LogP contribution in [-0.2, 0) is 11.8 Å². The molecule has 0 spiro atoms. The van der Waals surface area contributed by atoms with Crippen molar-refractivity contribution in [3.8, 4) is 11.3 Å². The quantitative estimate of drug-likeness (QED) is 0.747. The minimum Gasteiger partial charge on any atom is -0.354 e. The van der Waals surface area contributed by atoms with E-state index in [4.69, 9.17) is 0 Å². The van der Waals surface area contributed by atoms with Gasteiger partial charge in [0.25, 0.3) is 0 Å². The Hall–Kier alpha value is -2.96. The van der Waals surface area contributed by atoms with Crippen LogP contribution in [0.4, 0.5) is 0 Å².